The van der Waals surface area contributed by atoms with Crippen molar-refractivity contribution in [2.45, 2.75) is 31.8 Å². The molecule has 0 spiro atoms. The van der Waals surface area contributed by atoms with E-state index in [4.69, 9.17) is 48.8 Å². The molecule has 1 aliphatic heterocycles. The maximum absolute atomic E-state index is 10.6. The summed E-state index contributed by atoms with van der Waals surface area (Å²) < 4.78 is 10.9. The van der Waals surface area contributed by atoms with Gasteiger partial charge < -0.3 is 19.1 Å². The highest BCUT2D eigenvalue weighted by Gasteiger charge is 2.26. The molecule has 0 aliphatic carbocycles. The fraction of sp³-hybridized carbons (Fsp3) is 0.320. The van der Waals surface area contributed by atoms with Gasteiger partial charge in [-0.15, -0.1) is 0 Å². The van der Waals surface area contributed by atoms with Gasteiger partial charge >= 0.3 is 0 Å². The fourth-order valence-corrected chi connectivity index (χ4v) is 4.31. The van der Waals surface area contributed by atoms with E-state index in [1.807, 2.05) is 36.4 Å². The molecule has 0 saturated carbocycles. The van der Waals surface area contributed by atoms with E-state index < -0.39 is 6.10 Å². The van der Waals surface area contributed by atoms with E-state index in [1.54, 1.807) is 24.5 Å². The number of oxime groups is 1. The second-order valence-electron chi connectivity index (χ2n) is 8.17. The number of aliphatic hydroxyl groups excluding tert-OH is 1. The number of aliphatic hydroxyl groups is 1. The molecule has 0 amide bonds. The van der Waals surface area contributed by atoms with E-state index in [9.17, 15) is 5.11 Å². The molecule has 0 bridgehead atoms. The van der Waals surface area contributed by atoms with Gasteiger partial charge in [-0.05, 0) is 42.0 Å². The minimum atomic E-state index is -0.689. The first-order valence-electron chi connectivity index (χ1n) is 10.9. The predicted octanol–water partition coefficient (Wildman–Crippen LogP) is 5.81. The standard InChI is InChI=1S/C25H25Cl3N2O4/c26-19-4-1-3-17(9-19)12-30(13-20(31)15-32-16-21-5-2-8-33-21)14-22-11-25(29-34-22)18-6-7-23(27)24(28)10-18/h1-10,20,22,31H,11-16H2/t20-,22-/m0/s1. The lowest BCUT2D eigenvalue weighted by Gasteiger charge is -2.27. The van der Waals surface area contributed by atoms with Crippen LogP contribution < -0.4 is 0 Å². The number of hydrogen-bond acceptors (Lipinski definition) is 6. The summed E-state index contributed by atoms with van der Waals surface area (Å²) in [6.07, 6.45) is 1.36. The van der Waals surface area contributed by atoms with Crippen molar-refractivity contribution in [1.29, 1.82) is 0 Å². The molecule has 0 unspecified atom stereocenters. The van der Waals surface area contributed by atoms with E-state index in [-0.39, 0.29) is 12.7 Å². The van der Waals surface area contributed by atoms with Gasteiger partial charge in [0.25, 0.3) is 0 Å². The van der Waals surface area contributed by atoms with Crippen LogP contribution in [0.15, 0.2) is 70.4 Å². The summed E-state index contributed by atoms with van der Waals surface area (Å²) in [6.45, 7) is 2.05. The van der Waals surface area contributed by atoms with Crippen molar-refractivity contribution in [1.82, 2.24) is 4.90 Å². The van der Waals surface area contributed by atoms with Crippen LogP contribution in [0.4, 0.5) is 0 Å². The molecule has 1 aromatic heterocycles. The number of hydrogen-bond donors (Lipinski definition) is 1. The minimum Gasteiger partial charge on any atom is -0.467 e. The molecule has 0 fully saturated rings. The highest BCUT2D eigenvalue weighted by Crippen LogP contribution is 2.26. The summed E-state index contributed by atoms with van der Waals surface area (Å²) in [5.41, 5.74) is 2.73. The SMILES string of the molecule is O[C@H](COCc1ccco1)CN(Cc1cccc(Cl)c1)C[C@@H]1CC(c2ccc(Cl)c(Cl)c2)=NO1. The summed E-state index contributed by atoms with van der Waals surface area (Å²) in [4.78, 5) is 7.83. The summed E-state index contributed by atoms with van der Waals surface area (Å²) in [6, 6.07) is 16.7. The molecule has 4 rings (SSSR count). The lowest BCUT2D eigenvalue weighted by molar-refractivity contribution is -0.00955. The van der Waals surface area contributed by atoms with Crippen LogP contribution in [0.25, 0.3) is 0 Å². The monoisotopic (exact) mass is 522 g/mol. The van der Waals surface area contributed by atoms with E-state index >= 15 is 0 Å². The molecular weight excluding hydrogens is 499 g/mol. The third-order valence-electron chi connectivity index (χ3n) is 5.35. The first-order valence-corrected chi connectivity index (χ1v) is 12.0. The Hall–Kier alpha value is -2.06. The highest BCUT2D eigenvalue weighted by molar-refractivity contribution is 6.42. The van der Waals surface area contributed by atoms with Crippen LogP contribution in [0.5, 0.6) is 0 Å². The van der Waals surface area contributed by atoms with E-state index in [0.29, 0.717) is 53.5 Å². The lowest BCUT2D eigenvalue weighted by Crippen LogP contribution is -2.39. The first kappa shape index (κ1) is 25.0. The summed E-state index contributed by atoms with van der Waals surface area (Å²) in [5.74, 6) is 0.717. The quantitative estimate of drug-likeness (QED) is 0.343. The van der Waals surface area contributed by atoms with Gasteiger partial charge in [0.1, 0.15) is 18.5 Å². The van der Waals surface area contributed by atoms with Crippen molar-refractivity contribution < 1.29 is 19.1 Å². The maximum Gasteiger partial charge on any atom is 0.145 e. The van der Waals surface area contributed by atoms with Crippen LogP contribution in [0, 0.1) is 0 Å². The molecule has 0 saturated heterocycles. The molecule has 6 nitrogen and oxygen atoms in total. The van der Waals surface area contributed by atoms with Crippen LogP contribution >= 0.6 is 34.8 Å². The van der Waals surface area contributed by atoms with Gasteiger partial charge in [-0.1, -0.05) is 58.2 Å². The molecule has 9 heteroatoms. The van der Waals surface area contributed by atoms with Gasteiger partial charge in [0, 0.05) is 36.6 Å². The van der Waals surface area contributed by atoms with Crippen molar-refractivity contribution in [3.8, 4) is 0 Å². The van der Waals surface area contributed by atoms with Gasteiger partial charge in [0.15, 0.2) is 0 Å². The lowest BCUT2D eigenvalue weighted by atomic mass is 10.0. The van der Waals surface area contributed by atoms with Crippen LogP contribution in [-0.4, -0.2) is 47.6 Å². The number of nitrogens with zero attached hydrogens (tertiary/aromatic N) is 2. The summed E-state index contributed by atoms with van der Waals surface area (Å²) in [5, 5.41) is 16.5. The van der Waals surface area contributed by atoms with E-state index in [2.05, 4.69) is 10.1 Å². The molecule has 2 heterocycles. The zero-order chi connectivity index (χ0) is 23.9. The molecule has 2 atom stereocenters. The first-order chi connectivity index (χ1) is 16.5. The average molecular weight is 524 g/mol. The molecule has 34 heavy (non-hydrogen) atoms. The van der Waals surface area contributed by atoms with Crippen LogP contribution in [-0.2, 0) is 22.7 Å². The molecule has 1 N–H and O–H groups in total. The van der Waals surface area contributed by atoms with Crippen molar-refractivity contribution in [3.63, 3.8) is 0 Å². The second kappa shape index (κ2) is 12.1. The number of furan rings is 1. The maximum atomic E-state index is 10.6. The fourth-order valence-electron chi connectivity index (χ4n) is 3.80. The zero-order valence-corrected chi connectivity index (χ0v) is 20.6. The van der Waals surface area contributed by atoms with Crippen molar-refractivity contribution in [3.05, 3.63) is 92.8 Å². The molecule has 1 aliphatic rings. The number of rotatable bonds is 11. The van der Waals surface area contributed by atoms with E-state index in [1.165, 1.54) is 0 Å². The number of benzene rings is 2. The molecular formula is C25H25Cl3N2O4. The molecule has 2 aromatic carbocycles. The van der Waals surface area contributed by atoms with Gasteiger partial charge in [-0.2, -0.15) is 0 Å². The largest absolute Gasteiger partial charge is 0.467 e. The molecule has 180 valence electrons. The Morgan fingerprint density at radius 1 is 1.09 bits per heavy atom. The Labute approximate surface area is 213 Å². The van der Waals surface area contributed by atoms with Crippen LogP contribution in [0.1, 0.15) is 23.3 Å². The number of ether oxygens (including phenoxy) is 1. The van der Waals surface area contributed by atoms with Crippen LogP contribution in [0.2, 0.25) is 15.1 Å². The van der Waals surface area contributed by atoms with E-state index in [0.717, 1.165) is 16.8 Å². The average Bonchev–Trinajstić information content (AvgIpc) is 3.48. The summed E-state index contributed by atoms with van der Waals surface area (Å²) >= 11 is 18.4. The van der Waals surface area contributed by atoms with Gasteiger partial charge in [-0.25, -0.2) is 0 Å². The van der Waals surface area contributed by atoms with Crippen molar-refractivity contribution in [2.75, 3.05) is 19.7 Å². The number of halogens is 3. The Kier molecular flexibility index (Phi) is 8.89. The Morgan fingerprint density at radius 3 is 2.74 bits per heavy atom. The van der Waals surface area contributed by atoms with Gasteiger partial charge in [-0.3, -0.25) is 4.90 Å². The topological polar surface area (TPSA) is 67.4 Å². The Bertz CT molecular complexity index is 1110. The van der Waals surface area contributed by atoms with Crippen LogP contribution in [0.3, 0.4) is 0 Å². The highest BCUT2D eigenvalue weighted by atomic mass is 35.5. The van der Waals surface area contributed by atoms with Crippen molar-refractivity contribution in [2.24, 2.45) is 5.16 Å². The Morgan fingerprint density at radius 2 is 1.97 bits per heavy atom. The molecule has 0 radical (unpaired) electrons. The smallest absolute Gasteiger partial charge is 0.145 e. The zero-order valence-electron chi connectivity index (χ0n) is 18.4. The van der Waals surface area contributed by atoms with Gasteiger partial charge in [0.05, 0.1) is 34.7 Å². The minimum absolute atomic E-state index is 0.167. The summed E-state index contributed by atoms with van der Waals surface area (Å²) in [7, 11) is 0. The predicted molar refractivity (Wildman–Crippen MR) is 134 cm³/mol. The second-order valence-corrected chi connectivity index (χ2v) is 9.42. The third-order valence-corrected chi connectivity index (χ3v) is 6.32. The normalized spacial score (nSPS) is 16.5. The Balaban J connectivity index is 1.36. The molecule has 3 aromatic rings. The van der Waals surface area contributed by atoms with Crippen molar-refractivity contribution >= 4 is 40.5 Å². The third kappa shape index (κ3) is 7.22. The van der Waals surface area contributed by atoms with Gasteiger partial charge in [0.2, 0.25) is 0 Å².